The molecule has 0 rings (SSSR count). The van der Waals surface area contributed by atoms with Crippen molar-refractivity contribution in [2.45, 2.75) is 0 Å². The van der Waals surface area contributed by atoms with Crippen molar-refractivity contribution in [3.05, 3.63) is 0 Å². The van der Waals surface area contributed by atoms with Crippen LogP contribution in [0.15, 0.2) is 0 Å². The quantitative estimate of drug-likeness (QED) is 0.319. The molecule has 0 spiro atoms. The number of hydrogen-bond acceptors (Lipinski definition) is 3. The van der Waals surface area contributed by atoms with E-state index in [1.807, 2.05) is 0 Å². The van der Waals surface area contributed by atoms with Gasteiger partial charge in [-0.25, -0.2) is 0 Å². The molecular formula is C2H5O3P. The summed E-state index contributed by atoms with van der Waals surface area (Å²) in [6.07, 6.45) is 0.0799. The summed E-state index contributed by atoms with van der Waals surface area (Å²) in [4.78, 5) is 0. The van der Waals surface area contributed by atoms with Gasteiger partial charge in [-0.15, -0.1) is 0 Å². The van der Waals surface area contributed by atoms with E-state index in [1.165, 1.54) is 0 Å². The number of rotatable bonds is 3. The molecule has 0 aliphatic carbocycles. The Labute approximate surface area is 37.1 Å². The molecule has 0 heterocycles. The van der Waals surface area contributed by atoms with E-state index in [9.17, 15) is 4.57 Å². The van der Waals surface area contributed by atoms with Crippen molar-refractivity contribution in [2.75, 3.05) is 13.1 Å². The summed E-state index contributed by atoms with van der Waals surface area (Å²) in [6.45, 7) is -0.352. The summed E-state index contributed by atoms with van der Waals surface area (Å²) < 4.78 is 13.6. The van der Waals surface area contributed by atoms with Crippen molar-refractivity contribution in [3.63, 3.8) is 0 Å². The van der Waals surface area contributed by atoms with Crippen LogP contribution in [0.2, 0.25) is 0 Å². The molecule has 4 heteroatoms. The minimum absolute atomic E-state index is 0.0799. The molecule has 0 aliphatic heterocycles. The molecule has 0 saturated carbocycles. The molecule has 0 bridgehead atoms. The Bertz CT molecular complexity index is 37.8. The summed E-state index contributed by atoms with van der Waals surface area (Å²) in [6, 6.07) is 0. The predicted octanol–water partition coefficient (Wildman–Crippen LogP) is 0.202. The highest BCUT2D eigenvalue weighted by atomic mass is 31.1. The van der Waals surface area contributed by atoms with Gasteiger partial charge in [0.25, 0.3) is 0 Å². The smallest absolute Gasteiger partial charge is 0.184 e. The highest BCUT2D eigenvalue weighted by molar-refractivity contribution is 7.23. The Morgan fingerprint density at radius 2 is 2.50 bits per heavy atom. The van der Waals surface area contributed by atoms with Crippen molar-refractivity contribution in [2.24, 2.45) is 0 Å². The lowest BCUT2D eigenvalue weighted by atomic mass is 11.4. The molecule has 0 saturated heterocycles. The summed E-state index contributed by atoms with van der Waals surface area (Å²) in [5.74, 6) is 0. The van der Waals surface area contributed by atoms with Crippen molar-refractivity contribution in [1.29, 1.82) is 0 Å². The highest BCUT2D eigenvalue weighted by Gasteiger charge is 1.74. The zero-order valence-electron chi connectivity index (χ0n) is 3.13. The standard InChI is InChI=1S/C2H5O3P/c3-1-5-2-6-4/h3H,1-2H2. The molecule has 1 N–H and O–H groups in total. The molecule has 0 fully saturated rings. The Morgan fingerprint density at radius 3 is 2.67 bits per heavy atom. The van der Waals surface area contributed by atoms with Crippen LogP contribution in [0.5, 0.6) is 0 Å². The fraction of sp³-hybridized carbons (Fsp3) is 1.00. The summed E-state index contributed by atoms with van der Waals surface area (Å²) in [5.41, 5.74) is 0. The van der Waals surface area contributed by atoms with Crippen LogP contribution in [-0.4, -0.2) is 18.2 Å². The second-order valence-corrected chi connectivity index (χ2v) is 1.11. The maximum absolute atomic E-state index is 9.42. The summed E-state index contributed by atoms with van der Waals surface area (Å²) in [7, 11) is -0.0868. The van der Waals surface area contributed by atoms with E-state index in [4.69, 9.17) is 5.11 Å². The zero-order chi connectivity index (χ0) is 4.83. The Balaban J connectivity index is 2.49. The lowest BCUT2D eigenvalue weighted by Crippen LogP contribution is -1.86. The molecule has 36 valence electrons. The largest absolute Gasteiger partial charge is 0.371 e. The average molecular weight is 108 g/mol. The SMILES string of the molecule is O=PCOCO. The zero-order valence-corrected chi connectivity index (χ0v) is 4.02. The lowest BCUT2D eigenvalue weighted by Gasteiger charge is -1.84. The Kier molecular flexibility index (Phi) is 5.04. The van der Waals surface area contributed by atoms with Gasteiger partial charge in [0.1, 0.15) is 13.1 Å². The second-order valence-electron chi connectivity index (χ2n) is 0.591. The summed E-state index contributed by atoms with van der Waals surface area (Å²) in [5, 5.41) is 7.83. The molecule has 0 radical (unpaired) electrons. The van der Waals surface area contributed by atoms with Gasteiger partial charge in [0.05, 0.1) is 0 Å². The van der Waals surface area contributed by atoms with Crippen LogP contribution in [0.4, 0.5) is 0 Å². The van der Waals surface area contributed by atoms with Crippen LogP contribution in [0, 0.1) is 0 Å². The minimum atomic E-state index is -0.352. The van der Waals surface area contributed by atoms with Crippen LogP contribution >= 0.6 is 8.46 Å². The van der Waals surface area contributed by atoms with E-state index >= 15 is 0 Å². The van der Waals surface area contributed by atoms with E-state index < -0.39 is 0 Å². The third kappa shape index (κ3) is 4.02. The first-order chi connectivity index (χ1) is 2.91. The predicted molar refractivity (Wildman–Crippen MR) is 20.6 cm³/mol. The molecule has 0 atom stereocenters. The molecule has 6 heavy (non-hydrogen) atoms. The number of hydrogen-bond donors (Lipinski definition) is 1. The van der Waals surface area contributed by atoms with Gasteiger partial charge in [-0.05, 0) is 0 Å². The molecule has 3 nitrogen and oxygen atoms in total. The first-order valence-electron chi connectivity index (χ1n) is 1.39. The Morgan fingerprint density at radius 1 is 1.83 bits per heavy atom. The molecule has 0 amide bonds. The first-order valence-corrected chi connectivity index (χ1v) is 2.39. The van der Waals surface area contributed by atoms with Crippen LogP contribution in [0.3, 0.4) is 0 Å². The number of aliphatic hydroxyl groups is 1. The van der Waals surface area contributed by atoms with E-state index in [0.29, 0.717) is 0 Å². The van der Waals surface area contributed by atoms with Gasteiger partial charge in [-0.2, -0.15) is 0 Å². The second kappa shape index (κ2) is 5.02. The van der Waals surface area contributed by atoms with Crippen LogP contribution in [-0.2, 0) is 9.30 Å². The molecule has 0 aliphatic rings. The van der Waals surface area contributed by atoms with Gasteiger partial charge >= 0.3 is 0 Å². The van der Waals surface area contributed by atoms with Gasteiger partial charge in [-0.3, -0.25) is 4.57 Å². The third-order valence-electron chi connectivity index (χ3n) is 0.235. The molecular weight excluding hydrogens is 103 g/mol. The van der Waals surface area contributed by atoms with Crippen LogP contribution in [0.1, 0.15) is 0 Å². The van der Waals surface area contributed by atoms with Crippen LogP contribution in [0.25, 0.3) is 0 Å². The van der Waals surface area contributed by atoms with Crippen molar-refractivity contribution < 1.29 is 14.4 Å². The van der Waals surface area contributed by atoms with Crippen LogP contribution < -0.4 is 0 Å². The van der Waals surface area contributed by atoms with Crippen molar-refractivity contribution >= 4 is 8.46 Å². The number of ether oxygens (including phenoxy) is 1. The molecule has 0 aromatic carbocycles. The van der Waals surface area contributed by atoms with Crippen molar-refractivity contribution in [1.82, 2.24) is 0 Å². The van der Waals surface area contributed by atoms with E-state index in [2.05, 4.69) is 4.74 Å². The van der Waals surface area contributed by atoms with E-state index in [1.54, 1.807) is 0 Å². The Hall–Kier alpha value is 0.0200. The monoisotopic (exact) mass is 108 g/mol. The average Bonchev–Trinajstić information content (AvgIpc) is 1.61. The van der Waals surface area contributed by atoms with Crippen molar-refractivity contribution in [3.8, 4) is 0 Å². The number of aliphatic hydroxyl groups excluding tert-OH is 1. The maximum atomic E-state index is 9.42. The van der Waals surface area contributed by atoms with Gasteiger partial charge in [0.15, 0.2) is 8.46 Å². The minimum Gasteiger partial charge on any atom is -0.371 e. The fourth-order valence-corrected chi connectivity index (χ4v) is 0.234. The topological polar surface area (TPSA) is 46.5 Å². The first kappa shape index (κ1) is 6.02. The third-order valence-corrected chi connectivity index (χ3v) is 0.523. The summed E-state index contributed by atoms with van der Waals surface area (Å²) >= 11 is 0. The van der Waals surface area contributed by atoms with E-state index in [-0.39, 0.29) is 21.6 Å². The van der Waals surface area contributed by atoms with Gasteiger partial charge < -0.3 is 9.84 Å². The van der Waals surface area contributed by atoms with Gasteiger partial charge in [0, 0.05) is 0 Å². The maximum Gasteiger partial charge on any atom is 0.184 e. The molecule has 0 aromatic heterocycles. The fourth-order valence-electron chi connectivity index (χ4n) is 0.0781. The molecule has 0 aromatic rings. The van der Waals surface area contributed by atoms with Gasteiger partial charge in [-0.1, -0.05) is 0 Å². The highest BCUT2D eigenvalue weighted by Crippen LogP contribution is 1.87. The molecule has 0 unspecified atom stereocenters. The normalized spacial score (nSPS) is 9.50. The lowest BCUT2D eigenvalue weighted by molar-refractivity contribution is 0.0226. The van der Waals surface area contributed by atoms with E-state index in [0.717, 1.165) is 0 Å². The van der Waals surface area contributed by atoms with Gasteiger partial charge in [0.2, 0.25) is 0 Å².